The maximum absolute atomic E-state index is 13.0. The molecule has 6 heteroatoms. The van der Waals surface area contributed by atoms with E-state index in [4.69, 9.17) is 0 Å². The molecule has 0 aromatic heterocycles. The number of hydrogen-bond acceptors (Lipinski definition) is 4. The van der Waals surface area contributed by atoms with Crippen LogP contribution >= 0.6 is 0 Å². The van der Waals surface area contributed by atoms with Gasteiger partial charge in [-0.25, -0.2) is 0 Å². The molecule has 1 heterocycles. The minimum atomic E-state index is -0.361. The van der Waals surface area contributed by atoms with Gasteiger partial charge >= 0.3 is 0 Å². The van der Waals surface area contributed by atoms with Gasteiger partial charge < -0.3 is 16.0 Å². The maximum Gasteiger partial charge on any atom is 0.243 e. The van der Waals surface area contributed by atoms with E-state index in [9.17, 15) is 9.59 Å². The zero-order chi connectivity index (χ0) is 28.6. The first kappa shape index (κ1) is 34.5. The molecular weight excluding hydrogens is 460 g/mol. The number of unbranched alkanes of at least 4 members (excludes halogenated alkanes) is 1. The molecule has 1 aromatic rings. The van der Waals surface area contributed by atoms with E-state index < -0.39 is 0 Å². The van der Waals surface area contributed by atoms with Crippen LogP contribution in [0.15, 0.2) is 35.0 Å². The Morgan fingerprint density at radius 1 is 1.19 bits per heavy atom. The second-order valence-corrected chi connectivity index (χ2v) is 10.4. The summed E-state index contributed by atoms with van der Waals surface area (Å²) in [7, 11) is 1.50. The van der Waals surface area contributed by atoms with Crippen LogP contribution in [-0.4, -0.2) is 42.6 Å². The Hall–Kier alpha value is -2.47. The van der Waals surface area contributed by atoms with Crippen LogP contribution < -0.4 is 11.1 Å². The number of hydrogen-bond donors (Lipinski definition) is 2. The molecular formula is C31H54N4O2. The highest BCUT2D eigenvalue weighted by Gasteiger charge is 2.35. The zero-order valence-electron chi connectivity index (χ0n) is 25.3. The lowest BCUT2D eigenvalue weighted by Gasteiger charge is -2.28. The third-order valence-electron chi connectivity index (χ3n) is 6.22. The van der Waals surface area contributed by atoms with Crippen molar-refractivity contribution in [1.29, 1.82) is 0 Å². The van der Waals surface area contributed by atoms with Gasteiger partial charge in [0, 0.05) is 24.9 Å². The van der Waals surface area contributed by atoms with E-state index in [0.29, 0.717) is 13.0 Å². The van der Waals surface area contributed by atoms with Gasteiger partial charge in [-0.15, -0.1) is 0 Å². The summed E-state index contributed by atoms with van der Waals surface area (Å²) >= 11 is 0. The molecule has 210 valence electrons. The molecule has 2 atom stereocenters. The summed E-state index contributed by atoms with van der Waals surface area (Å²) < 4.78 is 0. The molecule has 1 saturated heterocycles. The molecule has 1 aromatic carbocycles. The summed E-state index contributed by atoms with van der Waals surface area (Å²) in [5.41, 5.74) is 8.99. The lowest BCUT2D eigenvalue weighted by atomic mass is 9.91. The normalized spacial score (nSPS) is 16.7. The van der Waals surface area contributed by atoms with Crippen LogP contribution in [0.5, 0.6) is 0 Å². The van der Waals surface area contributed by atoms with Crippen LogP contribution in [0, 0.1) is 5.41 Å². The molecule has 6 nitrogen and oxygen atoms in total. The number of benzene rings is 1. The van der Waals surface area contributed by atoms with Crippen LogP contribution in [0.4, 0.5) is 0 Å². The Morgan fingerprint density at radius 3 is 2.30 bits per heavy atom. The van der Waals surface area contributed by atoms with E-state index in [2.05, 4.69) is 74.9 Å². The number of carbonyl (C=O) groups excluding carboxylic acids is 2. The third kappa shape index (κ3) is 11.6. The Labute approximate surface area is 227 Å². The Kier molecular flexibility index (Phi) is 16.7. The standard InChI is InChI=1S/C28H43N3O2.C2H6.CH5N/c1-8-10-12-24(21(4)29-9-2)23-16-14-22(15-17-23)20(3)30-27(33)25-13-11-18-31(25)26(32)19-28(5,6)7;2*1-2/h9,14-17,20,25H,8,10-13,18-19H2,1-7H3,(H,30,33);1-2H3;2H2,1H3/b24-21+,29-9?;;. The molecule has 3 N–H and O–H groups in total. The molecule has 0 spiro atoms. The molecule has 1 aliphatic heterocycles. The molecule has 37 heavy (non-hydrogen) atoms. The van der Waals surface area contributed by atoms with Gasteiger partial charge in [0.2, 0.25) is 11.8 Å². The second kappa shape index (κ2) is 17.9. The van der Waals surface area contributed by atoms with Gasteiger partial charge in [0.05, 0.1) is 6.04 Å². The van der Waals surface area contributed by atoms with Crippen molar-refractivity contribution in [1.82, 2.24) is 10.2 Å². The minimum Gasteiger partial charge on any atom is -0.348 e. The molecule has 0 bridgehead atoms. The summed E-state index contributed by atoms with van der Waals surface area (Å²) in [6, 6.07) is 7.96. The van der Waals surface area contributed by atoms with Crippen molar-refractivity contribution in [3.63, 3.8) is 0 Å². The van der Waals surface area contributed by atoms with Gasteiger partial charge in [-0.05, 0) is 75.6 Å². The molecule has 0 aliphatic carbocycles. The van der Waals surface area contributed by atoms with Gasteiger partial charge in [-0.1, -0.05) is 72.2 Å². The number of likely N-dealkylation sites (tertiary alicyclic amines) is 1. The number of rotatable bonds is 9. The summed E-state index contributed by atoms with van der Waals surface area (Å²) in [5.74, 6) is 0.0247. The van der Waals surface area contributed by atoms with Crippen molar-refractivity contribution in [2.45, 2.75) is 113 Å². The van der Waals surface area contributed by atoms with E-state index in [-0.39, 0.29) is 29.3 Å². The summed E-state index contributed by atoms with van der Waals surface area (Å²) in [6.07, 6.45) is 7.19. The van der Waals surface area contributed by atoms with Gasteiger partial charge in [0.1, 0.15) is 6.04 Å². The lowest BCUT2D eigenvalue weighted by molar-refractivity contribution is -0.140. The van der Waals surface area contributed by atoms with Crippen LogP contribution in [-0.2, 0) is 9.59 Å². The highest BCUT2D eigenvalue weighted by molar-refractivity contribution is 5.88. The first-order valence-electron chi connectivity index (χ1n) is 14.0. The number of aliphatic imine (C=N–C) groups is 1. The zero-order valence-corrected chi connectivity index (χ0v) is 25.3. The van der Waals surface area contributed by atoms with Crippen molar-refractivity contribution in [3.8, 4) is 0 Å². The van der Waals surface area contributed by atoms with Crippen molar-refractivity contribution in [2.24, 2.45) is 16.1 Å². The predicted octanol–water partition coefficient (Wildman–Crippen LogP) is 6.90. The van der Waals surface area contributed by atoms with E-state index in [1.165, 1.54) is 18.2 Å². The smallest absolute Gasteiger partial charge is 0.243 e. The maximum atomic E-state index is 13.0. The van der Waals surface area contributed by atoms with Crippen LogP contribution in [0.3, 0.4) is 0 Å². The summed E-state index contributed by atoms with van der Waals surface area (Å²) in [5, 5.41) is 3.14. The Bertz CT molecular complexity index is 866. The van der Waals surface area contributed by atoms with E-state index in [1.807, 2.05) is 33.9 Å². The van der Waals surface area contributed by atoms with E-state index >= 15 is 0 Å². The fraction of sp³-hybridized carbons (Fsp3) is 0.645. The molecule has 1 fully saturated rings. The van der Waals surface area contributed by atoms with Crippen LogP contribution in [0.25, 0.3) is 5.57 Å². The number of amides is 2. The molecule has 2 amide bonds. The van der Waals surface area contributed by atoms with Crippen molar-refractivity contribution < 1.29 is 9.59 Å². The quantitative estimate of drug-likeness (QED) is 0.351. The average Bonchev–Trinajstić information content (AvgIpc) is 3.37. The minimum absolute atomic E-state index is 0.0528. The predicted molar refractivity (Wildman–Crippen MR) is 160 cm³/mol. The highest BCUT2D eigenvalue weighted by Crippen LogP contribution is 2.28. The van der Waals surface area contributed by atoms with Gasteiger partial charge in [0.25, 0.3) is 0 Å². The molecule has 2 unspecified atom stereocenters. The first-order valence-corrected chi connectivity index (χ1v) is 14.0. The number of nitrogens with one attached hydrogen (secondary N) is 1. The van der Waals surface area contributed by atoms with E-state index in [0.717, 1.165) is 43.4 Å². The average molecular weight is 515 g/mol. The number of allylic oxidation sites excluding steroid dienone is 2. The molecule has 2 rings (SSSR count). The first-order chi connectivity index (χ1) is 17.6. The highest BCUT2D eigenvalue weighted by atomic mass is 16.2. The number of carbonyl (C=O) groups is 2. The Morgan fingerprint density at radius 2 is 1.78 bits per heavy atom. The molecule has 0 saturated carbocycles. The van der Waals surface area contributed by atoms with Crippen LogP contribution in [0.2, 0.25) is 0 Å². The second-order valence-electron chi connectivity index (χ2n) is 10.4. The monoisotopic (exact) mass is 514 g/mol. The molecule has 1 aliphatic rings. The summed E-state index contributed by atoms with van der Waals surface area (Å²) in [6.45, 7) is 19.0. The van der Waals surface area contributed by atoms with E-state index in [1.54, 1.807) is 4.90 Å². The SMILES string of the molecule is CC.CC=N/C(C)=C(\CCCC)c1ccc(C(C)NC(=O)C2CCCN2C(=O)CC(C)(C)C)cc1.CN. The van der Waals surface area contributed by atoms with Crippen molar-refractivity contribution >= 4 is 23.6 Å². The van der Waals surface area contributed by atoms with Gasteiger partial charge in [-0.2, -0.15) is 0 Å². The topological polar surface area (TPSA) is 87.8 Å². The van der Waals surface area contributed by atoms with Gasteiger partial charge in [0.15, 0.2) is 0 Å². The van der Waals surface area contributed by atoms with Crippen molar-refractivity contribution in [3.05, 3.63) is 41.1 Å². The number of nitrogens with zero attached hydrogens (tertiary/aromatic N) is 2. The van der Waals surface area contributed by atoms with Gasteiger partial charge in [-0.3, -0.25) is 14.6 Å². The number of nitrogens with two attached hydrogens (primary N) is 1. The Balaban J connectivity index is 0.00000308. The lowest BCUT2D eigenvalue weighted by Crippen LogP contribution is -2.47. The van der Waals surface area contributed by atoms with Crippen molar-refractivity contribution in [2.75, 3.05) is 13.6 Å². The third-order valence-corrected chi connectivity index (χ3v) is 6.22. The largest absolute Gasteiger partial charge is 0.348 e. The summed E-state index contributed by atoms with van der Waals surface area (Å²) in [4.78, 5) is 32.1. The van der Waals surface area contributed by atoms with Crippen LogP contribution in [0.1, 0.15) is 118 Å². The molecule has 0 radical (unpaired) electrons. The fourth-order valence-corrected chi connectivity index (χ4v) is 4.42. The fourth-order valence-electron chi connectivity index (χ4n) is 4.42.